The molecule has 0 spiro atoms. The number of nitrogens with zero attached hydrogens (tertiary/aromatic N) is 2. The molecule has 7 heteroatoms. The lowest BCUT2D eigenvalue weighted by atomic mass is 10.1. The molecule has 28 heavy (non-hydrogen) atoms. The van der Waals surface area contributed by atoms with Crippen LogP contribution in [0.25, 0.3) is 11.3 Å². The molecule has 1 heterocycles. The number of aryl methyl sites for hydroxylation is 1. The van der Waals surface area contributed by atoms with E-state index in [1.165, 1.54) is 12.1 Å². The van der Waals surface area contributed by atoms with Crippen molar-refractivity contribution in [1.29, 1.82) is 0 Å². The van der Waals surface area contributed by atoms with Crippen LogP contribution in [-0.2, 0) is 16.3 Å². The van der Waals surface area contributed by atoms with Crippen LogP contribution in [0.2, 0.25) is 0 Å². The summed E-state index contributed by atoms with van der Waals surface area (Å²) in [6.45, 7) is 1.27. The van der Waals surface area contributed by atoms with Crippen molar-refractivity contribution in [3.05, 3.63) is 72.2 Å². The fourth-order valence-corrected chi connectivity index (χ4v) is 4.29. The van der Waals surface area contributed by atoms with Gasteiger partial charge in [-0.3, -0.25) is 5.10 Å². The molecule has 2 aromatic carbocycles. The van der Waals surface area contributed by atoms with Crippen LogP contribution in [0.5, 0.6) is 0 Å². The van der Waals surface area contributed by atoms with Crippen molar-refractivity contribution in [3.8, 4) is 11.3 Å². The van der Waals surface area contributed by atoms with Crippen molar-refractivity contribution < 1.29 is 12.8 Å². The first kappa shape index (κ1) is 20.2. The molecule has 0 unspecified atom stereocenters. The van der Waals surface area contributed by atoms with Gasteiger partial charge >= 0.3 is 0 Å². The van der Waals surface area contributed by atoms with E-state index in [1.807, 2.05) is 24.1 Å². The van der Waals surface area contributed by atoms with E-state index in [1.54, 1.807) is 36.4 Å². The molecule has 0 saturated heterocycles. The van der Waals surface area contributed by atoms with Crippen molar-refractivity contribution in [2.24, 2.45) is 0 Å². The monoisotopic (exact) mass is 401 g/mol. The van der Waals surface area contributed by atoms with E-state index in [2.05, 4.69) is 10.2 Å². The maximum atomic E-state index is 13.0. The third-order valence-electron chi connectivity index (χ3n) is 4.60. The van der Waals surface area contributed by atoms with Gasteiger partial charge in [0.15, 0.2) is 9.84 Å². The van der Waals surface area contributed by atoms with Crippen LogP contribution in [0.1, 0.15) is 12.1 Å². The van der Waals surface area contributed by atoms with Crippen molar-refractivity contribution in [1.82, 2.24) is 15.1 Å². The Morgan fingerprint density at radius 1 is 1.04 bits per heavy atom. The van der Waals surface area contributed by atoms with E-state index in [4.69, 9.17) is 0 Å². The second-order valence-corrected chi connectivity index (χ2v) is 8.93. The lowest BCUT2D eigenvalue weighted by molar-refractivity contribution is 0.347. The second kappa shape index (κ2) is 9.12. The third kappa shape index (κ3) is 5.50. The summed E-state index contributed by atoms with van der Waals surface area (Å²) in [5, 5.41) is 7.29. The standard InChI is InChI=1S/C21H24FN3O2S/c1-25(14-15-28(26,27)20-7-3-2-4-8-20)13-5-6-19-16-21(24-23-19)17-9-11-18(22)12-10-17/h2-4,7-12,16H,5-6,13-15H2,1H3,(H,23,24). The predicted molar refractivity (Wildman–Crippen MR) is 108 cm³/mol. The van der Waals surface area contributed by atoms with Crippen LogP contribution in [0, 0.1) is 5.82 Å². The zero-order valence-corrected chi connectivity index (χ0v) is 16.6. The Hall–Kier alpha value is -2.51. The van der Waals surface area contributed by atoms with Crippen LogP contribution < -0.4 is 0 Å². The minimum absolute atomic E-state index is 0.103. The molecule has 1 N–H and O–H groups in total. The summed E-state index contributed by atoms with van der Waals surface area (Å²) < 4.78 is 37.7. The van der Waals surface area contributed by atoms with E-state index >= 15 is 0 Å². The van der Waals surface area contributed by atoms with Gasteiger partial charge < -0.3 is 4.90 Å². The normalized spacial score (nSPS) is 11.8. The molecule has 0 bridgehead atoms. The fourth-order valence-electron chi connectivity index (χ4n) is 2.93. The Kier molecular flexibility index (Phi) is 6.59. The Morgan fingerprint density at radius 3 is 2.46 bits per heavy atom. The minimum Gasteiger partial charge on any atom is -0.305 e. The second-order valence-electron chi connectivity index (χ2n) is 6.82. The third-order valence-corrected chi connectivity index (χ3v) is 6.31. The van der Waals surface area contributed by atoms with Crippen molar-refractivity contribution >= 4 is 9.84 Å². The minimum atomic E-state index is -3.25. The summed E-state index contributed by atoms with van der Waals surface area (Å²) in [6.07, 6.45) is 1.69. The average Bonchev–Trinajstić information content (AvgIpc) is 3.17. The average molecular weight is 402 g/mol. The number of aromatic nitrogens is 2. The van der Waals surface area contributed by atoms with Gasteiger partial charge in [-0.15, -0.1) is 0 Å². The number of hydrogen-bond acceptors (Lipinski definition) is 4. The molecule has 0 aliphatic heterocycles. The molecule has 0 aliphatic carbocycles. The van der Waals surface area contributed by atoms with Crippen molar-refractivity contribution in [2.75, 3.05) is 25.9 Å². The maximum absolute atomic E-state index is 13.0. The van der Waals surface area contributed by atoms with Crippen LogP contribution in [0.4, 0.5) is 4.39 Å². The lowest BCUT2D eigenvalue weighted by Crippen LogP contribution is -2.27. The van der Waals surface area contributed by atoms with Crippen LogP contribution in [0.3, 0.4) is 0 Å². The van der Waals surface area contributed by atoms with Gasteiger partial charge in [0, 0.05) is 17.8 Å². The Balaban J connectivity index is 1.44. The van der Waals surface area contributed by atoms with Gasteiger partial charge in [0.1, 0.15) is 5.82 Å². The van der Waals surface area contributed by atoms with E-state index < -0.39 is 9.84 Å². The SMILES string of the molecule is CN(CCCc1cc(-c2ccc(F)cc2)n[nH]1)CCS(=O)(=O)c1ccccc1. The van der Waals surface area contributed by atoms with Crippen LogP contribution >= 0.6 is 0 Å². The quantitative estimate of drug-likeness (QED) is 0.595. The lowest BCUT2D eigenvalue weighted by Gasteiger charge is -2.16. The van der Waals surface area contributed by atoms with E-state index in [9.17, 15) is 12.8 Å². The molecule has 0 amide bonds. The van der Waals surface area contributed by atoms with E-state index in [0.29, 0.717) is 11.4 Å². The first-order valence-corrected chi connectivity index (χ1v) is 10.9. The van der Waals surface area contributed by atoms with Crippen LogP contribution in [0.15, 0.2) is 65.6 Å². The maximum Gasteiger partial charge on any atom is 0.179 e. The zero-order valence-electron chi connectivity index (χ0n) is 15.8. The topological polar surface area (TPSA) is 66.1 Å². The summed E-state index contributed by atoms with van der Waals surface area (Å²) in [6, 6.07) is 16.8. The number of rotatable bonds is 9. The van der Waals surface area contributed by atoms with Gasteiger partial charge in [-0.25, -0.2) is 12.8 Å². The Labute approximate surface area is 165 Å². The molecule has 1 aromatic heterocycles. The Bertz CT molecular complexity index is 986. The largest absolute Gasteiger partial charge is 0.305 e. The van der Waals surface area contributed by atoms with Gasteiger partial charge in [0.05, 0.1) is 16.3 Å². The molecule has 0 radical (unpaired) electrons. The first-order valence-electron chi connectivity index (χ1n) is 9.20. The number of benzene rings is 2. The number of sulfone groups is 1. The summed E-state index contributed by atoms with van der Waals surface area (Å²) in [5.74, 6) is -0.163. The van der Waals surface area contributed by atoms with Crippen molar-refractivity contribution in [2.45, 2.75) is 17.7 Å². The molecular weight excluding hydrogens is 377 g/mol. The van der Waals surface area contributed by atoms with Gasteiger partial charge in [0.2, 0.25) is 0 Å². The van der Waals surface area contributed by atoms with Gasteiger partial charge in [-0.05, 0) is 68.9 Å². The number of H-pyrrole nitrogens is 1. The Morgan fingerprint density at radius 2 is 1.75 bits per heavy atom. The summed E-state index contributed by atoms with van der Waals surface area (Å²) in [7, 11) is -1.32. The molecular formula is C21H24FN3O2S. The summed E-state index contributed by atoms with van der Waals surface area (Å²) in [5.41, 5.74) is 2.66. The number of halogens is 1. The van der Waals surface area contributed by atoms with Gasteiger partial charge in [0.25, 0.3) is 0 Å². The van der Waals surface area contributed by atoms with E-state index in [0.717, 1.165) is 36.3 Å². The molecule has 148 valence electrons. The van der Waals surface area contributed by atoms with Crippen molar-refractivity contribution in [3.63, 3.8) is 0 Å². The zero-order chi connectivity index (χ0) is 20.0. The highest BCUT2D eigenvalue weighted by molar-refractivity contribution is 7.91. The number of nitrogens with one attached hydrogen (secondary N) is 1. The summed E-state index contributed by atoms with van der Waals surface area (Å²) in [4.78, 5) is 2.40. The smallest absolute Gasteiger partial charge is 0.179 e. The molecule has 3 rings (SSSR count). The first-order chi connectivity index (χ1) is 13.4. The highest BCUT2D eigenvalue weighted by atomic mass is 32.2. The van der Waals surface area contributed by atoms with Crippen LogP contribution in [-0.4, -0.2) is 49.4 Å². The molecule has 0 atom stereocenters. The van der Waals surface area contributed by atoms with Gasteiger partial charge in [-0.2, -0.15) is 5.10 Å². The number of aromatic amines is 1. The van der Waals surface area contributed by atoms with Gasteiger partial charge in [-0.1, -0.05) is 18.2 Å². The molecule has 0 fully saturated rings. The highest BCUT2D eigenvalue weighted by Crippen LogP contribution is 2.18. The predicted octanol–water partition coefficient (Wildman–Crippen LogP) is 3.55. The fraction of sp³-hybridized carbons (Fsp3) is 0.286. The summed E-state index contributed by atoms with van der Waals surface area (Å²) >= 11 is 0. The molecule has 0 aliphatic rings. The number of hydrogen-bond donors (Lipinski definition) is 1. The molecule has 0 saturated carbocycles. The highest BCUT2D eigenvalue weighted by Gasteiger charge is 2.14. The van der Waals surface area contributed by atoms with E-state index in [-0.39, 0.29) is 11.6 Å². The molecule has 5 nitrogen and oxygen atoms in total. The molecule has 3 aromatic rings.